The van der Waals surface area contributed by atoms with Crippen LogP contribution in [0.2, 0.25) is 0 Å². The van der Waals surface area contributed by atoms with E-state index in [0.29, 0.717) is 5.56 Å². The third-order valence-corrected chi connectivity index (χ3v) is 8.83. The molecule has 6 heteroatoms. The molecule has 1 saturated heterocycles. The average molecular weight is 444 g/mol. The second-order valence-electron chi connectivity index (χ2n) is 10.5. The average Bonchev–Trinajstić information content (AvgIpc) is 3.09. The summed E-state index contributed by atoms with van der Waals surface area (Å²) >= 11 is 1.81. The number of amides is 1. The van der Waals surface area contributed by atoms with Gasteiger partial charge in [-0.3, -0.25) is 14.7 Å². The second-order valence-corrected chi connectivity index (χ2v) is 11.5. The van der Waals surface area contributed by atoms with Crippen molar-refractivity contribution in [3.05, 3.63) is 29.8 Å². The summed E-state index contributed by atoms with van der Waals surface area (Å²) in [5, 5.41) is 1.12. The highest BCUT2D eigenvalue weighted by Gasteiger charge is 2.52. The topological polar surface area (TPSA) is 35.9 Å². The van der Waals surface area contributed by atoms with Crippen LogP contribution in [0.4, 0.5) is 10.1 Å². The molecule has 5 fully saturated rings. The van der Waals surface area contributed by atoms with E-state index in [9.17, 15) is 9.18 Å². The Morgan fingerprint density at radius 1 is 1.16 bits per heavy atom. The molecule has 1 aromatic rings. The SMILES string of the molecule is CC(=O)N(c1ccc(CF)cc1)C1CSC(=NC23CC4CC(CC(C4)C2)C3)N1C(C)C. The fraction of sp³-hybridized carbons (Fsp3) is 0.680. The summed E-state index contributed by atoms with van der Waals surface area (Å²) in [6.07, 6.45) is 7.94. The Bertz CT molecular complexity index is 833. The van der Waals surface area contributed by atoms with Crippen LogP contribution in [0.15, 0.2) is 29.3 Å². The number of anilines is 1. The van der Waals surface area contributed by atoms with Crippen molar-refractivity contribution >= 4 is 28.5 Å². The lowest BCUT2D eigenvalue weighted by Crippen LogP contribution is -2.54. The first-order chi connectivity index (χ1) is 14.9. The van der Waals surface area contributed by atoms with Gasteiger partial charge in [0.1, 0.15) is 12.8 Å². The molecular weight excluding hydrogens is 409 g/mol. The molecule has 4 saturated carbocycles. The molecule has 1 atom stereocenters. The number of alkyl halides is 1. The highest BCUT2D eigenvalue weighted by molar-refractivity contribution is 8.14. The summed E-state index contributed by atoms with van der Waals surface area (Å²) in [6, 6.07) is 7.54. The fourth-order valence-electron chi connectivity index (χ4n) is 7.00. The molecule has 4 aliphatic carbocycles. The quantitative estimate of drug-likeness (QED) is 0.593. The largest absolute Gasteiger partial charge is 0.327 e. The number of rotatable bonds is 5. The molecule has 1 unspecified atom stereocenters. The number of halogens is 1. The van der Waals surface area contributed by atoms with Gasteiger partial charge < -0.3 is 4.90 Å². The highest BCUT2D eigenvalue weighted by Crippen LogP contribution is 2.57. The number of carbonyl (C=O) groups excluding carboxylic acids is 1. The predicted octanol–water partition coefficient (Wildman–Crippen LogP) is 5.62. The molecule has 0 radical (unpaired) electrons. The van der Waals surface area contributed by atoms with Crippen molar-refractivity contribution in [2.45, 2.75) is 83.7 Å². The molecule has 0 spiro atoms. The van der Waals surface area contributed by atoms with E-state index >= 15 is 0 Å². The first-order valence-corrected chi connectivity index (χ1v) is 12.8. The van der Waals surface area contributed by atoms with Gasteiger partial charge in [-0.15, -0.1) is 0 Å². The van der Waals surface area contributed by atoms with Gasteiger partial charge in [0, 0.05) is 24.4 Å². The van der Waals surface area contributed by atoms with Gasteiger partial charge in [-0.1, -0.05) is 23.9 Å². The Morgan fingerprint density at radius 2 is 1.74 bits per heavy atom. The maximum Gasteiger partial charge on any atom is 0.225 e. The van der Waals surface area contributed by atoms with E-state index in [4.69, 9.17) is 4.99 Å². The number of benzene rings is 1. The number of amidine groups is 1. The number of hydrogen-bond donors (Lipinski definition) is 0. The molecule has 5 aliphatic rings. The standard InChI is InChI=1S/C25H34FN3OS/c1-16(2)28-23(29(17(3)30)22-6-4-18(14-26)5-7-22)15-31-24(28)27-25-11-19-8-20(12-25)10-21(9-19)13-25/h4-7,16,19-21,23H,8-15H2,1-3H3. The second kappa shape index (κ2) is 8.09. The van der Waals surface area contributed by atoms with Gasteiger partial charge in [0.2, 0.25) is 5.91 Å². The summed E-state index contributed by atoms with van der Waals surface area (Å²) in [5.74, 6) is 3.43. The normalized spacial score (nSPS) is 35.4. The molecule has 0 aromatic heterocycles. The molecular formula is C25H34FN3OS. The van der Waals surface area contributed by atoms with Crippen LogP contribution in [-0.4, -0.2) is 39.5 Å². The molecule has 1 heterocycles. The van der Waals surface area contributed by atoms with Crippen LogP contribution >= 0.6 is 11.8 Å². The molecule has 1 aliphatic heterocycles. The zero-order valence-corrected chi connectivity index (χ0v) is 19.7. The number of carbonyl (C=O) groups is 1. The van der Waals surface area contributed by atoms with Gasteiger partial charge in [0.05, 0.1) is 5.54 Å². The van der Waals surface area contributed by atoms with Crippen molar-refractivity contribution in [2.75, 3.05) is 10.7 Å². The van der Waals surface area contributed by atoms with Crippen molar-refractivity contribution in [3.8, 4) is 0 Å². The van der Waals surface area contributed by atoms with E-state index in [-0.39, 0.29) is 23.7 Å². The zero-order valence-electron chi connectivity index (χ0n) is 18.9. The Labute approximate surface area is 189 Å². The summed E-state index contributed by atoms with van der Waals surface area (Å²) in [7, 11) is 0. The van der Waals surface area contributed by atoms with Gasteiger partial charge in [-0.2, -0.15) is 0 Å². The number of aliphatic imine (C=N–C) groups is 1. The molecule has 6 rings (SSSR count). The van der Waals surface area contributed by atoms with Crippen molar-refractivity contribution in [2.24, 2.45) is 22.7 Å². The molecule has 1 aromatic carbocycles. The van der Waals surface area contributed by atoms with Crippen LogP contribution in [-0.2, 0) is 11.5 Å². The van der Waals surface area contributed by atoms with Crippen molar-refractivity contribution in [3.63, 3.8) is 0 Å². The van der Waals surface area contributed by atoms with Gasteiger partial charge in [-0.05, 0) is 87.8 Å². The highest BCUT2D eigenvalue weighted by atomic mass is 32.2. The van der Waals surface area contributed by atoms with Crippen LogP contribution in [0.1, 0.15) is 64.9 Å². The predicted molar refractivity (Wildman–Crippen MR) is 126 cm³/mol. The maximum atomic E-state index is 13.0. The monoisotopic (exact) mass is 443 g/mol. The summed E-state index contributed by atoms with van der Waals surface area (Å²) < 4.78 is 13.0. The first kappa shape index (κ1) is 21.3. The third-order valence-electron chi connectivity index (χ3n) is 7.80. The van der Waals surface area contributed by atoms with Gasteiger partial charge in [-0.25, -0.2) is 4.39 Å². The first-order valence-electron chi connectivity index (χ1n) is 11.8. The molecule has 31 heavy (non-hydrogen) atoms. The van der Waals surface area contributed by atoms with E-state index in [0.717, 1.165) is 34.4 Å². The lowest BCUT2D eigenvalue weighted by Gasteiger charge is -2.55. The van der Waals surface area contributed by atoms with Crippen LogP contribution < -0.4 is 4.90 Å². The fourth-order valence-corrected chi connectivity index (χ4v) is 8.35. The molecule has 168 valence electrons. The lowest BCUT2D eigenvalue weighted by molar-refractivity contribution is -0.117. The van der Waals surface area contributed by atoms with Crippen molar-refractivity contribution in [1.29, 1.82) is 0 Å². The van der Waals surface area contributed by atoms with E-state index < -0.39 is 6.67 Å². The van der Waals surface area contributed by atoms with Crippen molar-refractivity contribution in [1.82, 2.24) is 4.90 Å². The molecule has 1 amide bonds. The van der Waals surface area contributed by atoms with E-state index in [2.05, 4.69) is 18.7 Å². The maximum absolute atomic E-state index is 13.0. The Kier molecular flexibility index (Phi) is 5.56. The smallest absolute Gasteiger partial charge is 0.225 e. The van der Waals surface area contributed by atoms with E-state index in [1.54, 1.807) is 30.8 Å². The van der Waals surface area contributed by atoms with Crippen molar-refractivity contribution < 1.29 is 9.18 Å². The van der Waals surface area contributed by atoms with Crippen LogP contribution in [0, 0.1) is 17.8 Å². The lowest BCUT2D eigenvalue weighted by atomic mass is 9.53. The zero-order chi connectivity index (χ0) is 21.8. The summed E-state index contributed by atoms with van der Waals surface area (Å²) in [5.41, 5.74) is 1.60. The molecule has 4 bridgehead atoms. The van der Waals surface area contributed by atoms with E-state index in [1.165, 1.54) is 38.5 Å². The Morgan fingerprint density at radius 3 is 2.23 bits per heavy atom. The Hall–Kier alpha value is -1.56. The van der Waals surface area contributed by atoms with Gasteiger partial charge in [0.25, 0.3) is 0 Å². The molecule has 0 N–H and O–H groups in total. The number of nitrogens with zero attached hydrogens (tertiary/aromatic N) is 3. The minimum absolute atomic E-state index is 0.0142. The number of thioether (sulfide) groups is 1. The van der Waals surface area contributed by atoms with Crippen LogP contribution in [0.5, 0.6) is 0 Å². The summed E-state index contributed by atoms with van der Waals surface area (Å²) in [4.78, 5) is 22.5. The summed E-state index contributed by atoms with van der Waals surface area (Å²) in [6.45, 7) is 5.53. The van der Waals surface area contributed by atoms with Gasteiger partial charge in [0.15, 0.2) is 5.17 Å². The van der Waals surface area contributed by atoms with E-state index in [1.807, 2.05) is 17.0 Å². The Balaban J connectivity index is 1.45. The van der Waals surface area contributed by atoms with Crippen LogP contribution in [0.25, 0.3) is 0 Å². The van der Waals surface area contributed by atoms with Gasteiger partial charge >= 0.3 is 0 Å². The number of hydrogen-bond acceptors (Lipinski definition) is 3. The minimum Gasteiger partial charge on any atom is -0.327 e. The minimum atomic E-state index is -0.486. The van der Waals surface area contributed by atoms with Crippen LogP contribution in [0.3, 0.4) is 0 Å². The molecule has 4 nitrogen and oxygen atoms in total. The third kappa shape index (κ3) is 3.90.